The van der Waals surface area contributed by atoms with Crippen LogP contribution >= 0.6 is 11.3 Å². The van der Waals surface area contributed by atoms with Crippen LogP contribution in [-0.4, -0.2) is 55.7 Å². The van der Waals surface area contributed by atoms with Crippen LogP contribution < -0.4 is 16.0 Å². The number of piperidine rings is 1. The van der Waals surface area contributed by atoms with E-state index >= 15 is 0 Å². The van der Waals surface area contributed by atoms with E-state index in [1.807, 2.05) is 0 Å². The number of hydrogen-bond donors (Lipinski definition) is 3. The van der Waals surface area contributed by atoms with Gasteiger partial charge in [0, 0.05) is 31.1 Å². The zero-order valence-corrected chi connectivity index (χ0v) is 13.2. The maximum absolute atomic E-state index is 12.6. The summed E-state index contributed by atoms with van der Waals surface area (Å²) < 4.78 is 0. The molecule has 2 amide bonds. The molecule has 5 nitrogen and oxygen atoms in total. The smallest absolute Gasteiger partial charge is 0.317 e. The Kier molecular flexibility index (Phi) is 4.77. The van der Waals surface area contributed by atoms with Gasteiger partial charge in [-0.3, -0.25) is 0 Å². The van der Waals surface area contributed by atoms with Gasteiger partial charge in [0.05, 0.1) is 5.54 Å². The topological polar surface area (TPSA) is 56.4 Å². The molecule has 6 heteroatoms. The van der Waals surface area contributed by atoms with Crippen molar-refractivity contribution in [1.29, 1.82) is 0 Å². The van der Waals surface area contributed by atoms with Crippen LogP contribution in [0, 0.1) is 0 Å². The molecule has 2 fully saturated rings. The Labute approximate surface area is 130 Å². The molecule has 3 rings (SSSR count). The highest BCUT2D eigenvalue weighted by molar-refractivity contribution is 7.09. The van der Waals surface area contributed by atoms with Crippen molar-refractivity contribution in [1.82, 2.24) is 20.9 Å². The number of piperazine rings is 1. The van der Waals surface area contributed by atoms with E-state index in [9.17, 15) is 4.79 Å². The molecule has 0 aliphatic carbocycles. The number of rotatable bonds is 3. The average Bonchev–Trinajstić information content (AvgIpc) is 3.02. The molecule has 3 N–H and O–H groups in total. The predicted octanol–water partition coefficient (Wildman–Crippen LogP) is 1.03. The molecule has 1 spiro atoms. The van der Waals surface area contributed by atoms with Crippen LogP contribution in [0.25, 0.3) is 0 Å². The molecule has 2 aliphatic rings. The normalized spacial score (nSPS) is 21.4. The van der Waals surface area contributed by atoms with Gasteiger partial charge in [0.25, 0.3) is 0 Å². The van der Waals surface area contributed by atoms with Crippen molar-refractivity contribution in [2.75, 3.05) is 39.3 Å². The molecule has 1 aromatic heterocycles. The first kappa shape index (κ1) is 14.8. The number of thiophene rings is 1. The molecule has 0 radical (unpaired) electrons. The quantitative estimate of drug-likeness (QED) is 0.782. The van der Waals surface area contributed by atoms with Crippen LogP contribution in [0.1, 0.15) is 17.7 Å². The second kappa shape index (κ2) is 6.77. The first-order valence-electron chi connectivity index (χ1n) is 7.79. The molecule has 21 heavy (non-hydrogen) atoms. The van der Waals surface area contributed by atoms with Crippen LogP contribution in [0.2, 0.25) is 0 Å². The van der Waals surface area contributed by atoms with Gasteiger partial charge >= 0.3 is 6.03 Å². The fourth-order valence-electron chi connectivity index (χ4n) is 3.34. The van der Waals surface area contributed by atoms with Gasteiger partial charge in [0.15, 0.2) is 0 Å². The number of nitrogens with zero attached hydrogens (tertiary/aromatic N) is 1. The number of nitrogens with one attached hydrogen (secondary N) is 3. The third-order valence-electron chi connectivity index (χ3n) is 4.55. The van der Waals surface area contributed by atoms with E-state index < -0.39 is 0 Å². The highest BCUT2D eigenvalue weighted by atomic mass is 32.1. The second-order valence-corrected chi connectivity index (χ2v) is 6.90. The third kappa shape index (κ3) is 3.39. The minimum absolute atomic E-state index is 0.0104. The van der Waals surface area contributed by atoms with Crippen LogP contribution in [-0.2, 0) is 6.42 Å². The maximum atomic E-state index is 12.6. The lowest BCUT2D eigenvalue weighted by Gasteiger charge is -2.49. The fraction of sp³-hybridized carbons (Fsp3) is 0.667. The van der Waals surface area contributed by atoms with E-state index in [2.05, 4.69) is 38.4 Å². The van der Waals surface area contributed by atoms with E-state index in [1.165, 1.54) is 4.88 Å². The first-order valence-corrected chi connectivity index (χ1v) is 8.67. The van der Waals surface area contributed by atoms with Gasteiger partial charge in [-0.25, -0.2) is 4.79 Å². The Hall–Kier alpha value is -1.11. The first-order chi connectivity index (χ1) is 10.3. The standard InChI is InChI=1S/C15H24N4OS/c20-14(18-6-3-13-2-1-11-21-13)19-10-9-17-12-15(19)4-7-16-8-5-15/h1-2,11,16-17H,3-10,12H2,(H,18,20). The highest BCUT2D eigenvalue weighted by Crippen LogP contribution is 2.27. The Balaban J connectivity index is 1.56. The minimum atomic E-state index is 0.0104. The highest BCUT2D eigenvalue weighted by Gasteiger charge is 2.42. The molecular formula is C15H24N4OS. The Bertz CT molecular complexity index is 448. The Morgan fingerprint density at radius 2 is 2.19 bits per heavy atom. The van der Waals surface area contributed by atoms with Crippen molar-refractivity contribution in [2.24, 2.45) is 0 Å². The summed E-state index contributed by atoms with van der Waals surface area (Å²) in [5.41, 5.74) is 0.0104. The molecule has 0 saturated carbocycles. The van der Waals surface area contributed by atoms with Gasteiger partial charge in [-0.1, -0.05) is 6.07 Å². The molecular weight excluding hydrogens is 284 g/mol. The summed E-state index contributed by atoms with van der Waals surface area (Å²) in [6.07, 6.45) is 3.00. The van der Waals surface area contributed by atoms with Crippen LogP contribution in [0.3, 0.4) is 0 Å². The minimum Gasteiger partial charge on any atom is -0.338 e. The summed E-state index contributed by atoms with van der Waals surface area (Å²) in [5, 5.41) is 12.0. The van der Waals surface area contributed by atoms with Gasteiger partial charge in [0.1, 0.15) is 0 Å². The van der Waals surface area contributed by atoms with Gasteiger partial charge < -0.3 is 20.9 Å². The summed E-state index contributed by atoms with van der Waals surface area (Å²) in [6, 6.07) is 4.29. The molecule has 116 valence electrons. The zero-order valence-electron chi connectivity index (χ0n) is 12.4. The average molecular weight is 308 g/mol. The molecule has 3 heterocycles. The Morgan fingerprint density at radius 3 is 2.95 bits per heavy atom. The molecule has 0 aromatic carbocycles. The lowest BCUT2D eigenvalue weighted by molar-refractivity contribution is 0.0625. The lowest BCUT2D eigenvalue weighted by atomic mass is 9.85. The van der Waals surface area contributed by atoms with Crippen molar-refractivity contribution in [2.45, 2.75) is 24.8 Å². The van der Waals surface area contributed by atoms with Crippen molar-refractivity contribution < 1.29 is 4.79 Å². The number of hydrogen-bond acceptors (Lipinski definition) is 4. The predicted molar refractivity (Wildman–Crippen MR) is 85.8 cm³/mol. The largest absolute Gasteiger partial charge is 0.338 e. The number of urea groups is 1. The van der Waals surface area contributed by atoms with Crippen molar-refractivity contribution in [3.63, 3.8) is 0 Å². The van der Waals surface area contributed by atoms with Gasteiger partial charge in [-0.05, 0) is 43.8 Å². The molecule has 2 aliphatic heterocycles. The third-order valence-corrected chi connectivity index (χ3v) is 5.48. The van der Waals surface area contributed by atoms with Crippen molar-refractivity contribution >= 4 is 17.4 Å². The zero-order chi connectivity index (χ0) is 14.5. The maximum Gasteiger partial charge on any atom is 0.317 e. The monoisotopic (exact) mass is 308 g/mol. The Morgan fingerprint density at radius 1 is 1.33 bits per heavy atom. The van der Waals surface area contributed by atoms with Gasteiger partial charge in [-0.15, -0.1) is 11.3 Å². The number of carbonyl (C=O) groups excluding carboxylic acids is 1. The fourth-order valence-corrected chi connectivity index (χ4v) is 4.05. The molecule has 0 atom stereocenters. The SMILES string of the molecule is O=C(NCCc1cccs1)N1CCNCC12CCNCC2. The van der Waals surface area contributed by atoms with Gasteiger partial charge in [0.2, 0.25) is 0 Å². The summed E-state index contributed by atoms with van der Waals surface area (Å²) in [4.78, 5) is 16.0. The van der Waals surface area contributed by atoms with Crippen LogP contribution in [0.15, 0.2) is 17.5 Å². The lowest BCUT2D eigenvalue weighted by Crippen LogP contribution is -2.67. The molecule has 2 saturated heterocycles. The molecule has 0 unspecified atom stereocenters. The number of carbonyl (C=O) groups is 1. The van der Waals surface area contributed by atoms with Crippen molar-refractivity contribution in [3.05, 3.63) is 22.4 Å². The second-order valence-electron chi connectivity index (χ2n) is 5.86. The molecule has 0 bridgehead atoms. The summed E-state index contributed by atoms with van der Waals surface area (Å²) in [7, 11) is 0. The van der Waals surface area contributed by atoms with Crippen molar-refractivity contribution in [3.8, 4) is 0 Å². The van der Waals surface area contributed by atoms with Gasteiger partial charge in [-0.2, -0.15) is 0 Å². The van der Waals surface area contributed by atoms with E-state index in [0.717, 1.165) is 58.5 Å². The van der Waals surface area contributed by atoms with E-state index in [0.29, 0.717) is 0 Å². The summed E-state index contributed by atoms with van der Waals surface area (Å²) >= 11 is 1.75. The number of amides is 2. The van der Waals surface area contributed by atoms with E-state index in [1.54, 1.807) is 11.3 Å². The van der Waals surface area contributed by atoms with Crippen LogP contribution in [0.5, 0.6) is 0 Å². The summed E-state index contributed by atoms with van der Waals surface area (Å²) in [6.45, 7) is 5.35. The van der Waals surface area contributed by atoms with E-state index in [-0.39, 0.29) is 11.6 Å². The van der Waals surface area contributed by atoms with E-state index in [4.69, 9.17) is 0 Å². The summed E-state index contributed by atoms with van der Waals surface area (Å²) in [5.74, 6) is 0. The molecule has 1 aromatic rings. The van der Waals surface area contributed by atoms with Crippen LogP contribution in [0.4, 0.5) is 4.79 Å².